The second-order valence-electron chi connectivity index (χ2n) is 5.19. The summed E-state index contributed by atoms with van der Waals surface area (Å²) in [5.74, 6) is -1.79. The van der Waals surface area contributed by atoms with Crippen molar-refractivity contribution in [1.82, 2.24) is 4.98 Å². The molecule has 0 saturated carbocycles. The summed E-state index contributed by atoms with van der Waals surface area (Å²) in [7, 11) is 0. The molecule has 1 aromatic heterocycles. The fraction of sp³-hybridized carbons (Fsp3) is 0.250. The molecule has 1 aromatic carbocycles. The van der Waals surface area contributed by atoms with Gasteiger partial charge in [-0.25, -0.2) is 4.39 Å². The highest BCUT2D eigenvalue weighted by atomic mass is 19.1. The highest BCUT2D eigenvalue weighted by molar-refractivity contribution is 5.74. The van der Waals surface area contributed by atoms with Crippen LogP contribution in [-0.4, -0.2) is 29.1 Å². The van der Waals surface area contributed by atoms with E-state index in [1.165, 1.54) is 12.1 Å². The number of carbonyl (C=O) groups is 1. The largest absolute Gasteiger partial charge is 0.481 e. The van der Waals surface area contributed by atoms with Gasteiger partial charge in [-0.1, -0.05) is 6.07 Å². The highest BCUT2D eigenvalue weighted by Gasteiger charge is 2.39. The summed E-state index contributed by atoms with van der Waals surface area (Å²) < 4.78 is 13.0. The molecule has 2 atom stereocenters. The van der Waals surface area contributed by atoms with E-state index in [0.29, 0.717) is 13.1 Å². The van der Waals surface area contributed by atoms with Crippen LogP contribution in [0.15, 0.2) is 48.7 Å². The second kappa shape index (κ2) is 5.52. The van der Waals surface area contributed by atoms with Crippen LogP contribution in [0.25, 0.3) is 0 Å². The normalized spacial score (nSPS) is 21.5. The number of hydrogen-bond donors (Lipinski definition) is 1. The topological polar surface area (TPSA) is 53.4 Å². The molecule has 1 saturated heterocycles. The zero-order valence-corrected chi connectivity index (χ0v) is 11.3. The molecule has 0 aliphatic carbocycles. The molecule has 2 aromatic rings. The molecule has 0 bridgehead atoms. The Balaban J connectivity index is 1.88. The van der Waals surface area contributed by atoms with Gasteiger partial charge in [0.25, 0.3) is 0 Å². The first-order chi connectivity index (χ1) is 10.1. The van der Waals surface area contributed by atoms with E-state index >= 15 is 0 Å². The van der Waals surface area contributed by atoms with Gasteiger partial charge in [-0.3, -0.25) is 9.78 Å². The Hall–Kier alpha value is -2.43. The second-order valence-corrected chi connectivity index (χ2v) is 5.19. The fourth-order valence-corrected chi connectivity index (χ4v) is 2.81. The van der Waals surface area contributed by atoms with Gasteiger partial charge in [0.05, 0.1) is 5.92 Å². The Kier molecular flexibility index (Phi) is 3.56. The number of pyridine rings is 1. The first kappa shape index (κ1) is 13.5. The fourth-order valence-electron chi connectivity index (χ4n) is 2.81. The van der Waals surface area contributed by atoms with Gasteiger partial charge in [-0.2, -0.15) is 0 Å². The zero-order chi connectivity index (χ0) is 14.8. The van der Waals surface area contributed by atoms with E-state index < -0.39 is 11.9 Å². The summed E-state index contributed by atoms with van der Waals surface area (Å²) in [5, 5.41) is 9.44. The van der Waals surface area contributed by atoms with Crippen molar-refractivity contribution in [2.75, 3.05) is 18.0 Å². The molecule has 4 nitrogen and oxygen atoms in total. The van der Waals surface area contributed by atoms with E-state index in [-0.39, 0.29) is 11.7 Å². The van der Waals surface area contributed by atoms with Crippen molar-refractivity contribution in [2.24, 2.45) is 5.92 Å². The molecular formula is C16H15FN2O2. The minimum absolute atomic E-state index is 0.159. The number of hydrogen-bond acceptors (Lipinski definition) is 3. The Labute approximate surface area is 121 Å². The number of carboxylic acids is 1. The van der Waals surface area contributed by atoms with Crippen molar-refractivity contribution in [1.29, 1.82) is 0 Å². The van der Waals surface area contributed by atoms with Gasteiger partial charge in [-0.05, 0) is 36.4 Å². The van der Waals surface area contributed by atoms with Crippen molar-refractivity contribution < 1.29 is 14.3 Å². The van der Waals surface area contributed by atoms with Crippen molar-refractivity contribution in [3.8, 4) is 0 Å². The maximum absolute atomic E-state index is 13.0. The number of halogens is 1. The predicted molar refractivity (Wildman–Crippen MR) is 76.7 cm³/mol. The summed E-state index contributed by atoms with van der Waals surface area (Å²) >= 11 is 0. The monoisotopic (exact) mass is 286 g/mol. The van der Waals surface area contributed by atoms with Crippen LogP contribution in [0.1, 0.15) is 11.6 Å². The number of benzene rings is 1. The quantitative estimate of drug-likeness (QED) is 0.942. The molecule has 1 aliphatic heterocycles. The Morgan fingerprint density at radius 2 is 1.95 bits per heavy atom. The number of aromatic nitrogens is 1. The van der Waals surface area contributed by atoms with Gasteiger partial charge in [0.1, 0.15) is 5.82 Å². The summed E-state index contributed by atoms with van der Waals surface area (Å²) in [5.41, 5.74) is 1.62. The van der Waals surface area contributed by atoms with Gasteiger partial charge >= 0.3 is 5.97 Å². The number of aliphatic carboxylic acids is 1. The van der Waals surface area contributed by atoms with E-state index in [9.17, 15) is 14.3 Å². The first-order valence-corrected chi connectivity index (χ1v) is 6.79. The molecule has 0 amide bonds. The third kappa shape index (κ3) is 2.72. The lowest BCUT2D eigenvalue weighted by molar-refractivity contribution is -0.141. The lowest BCUT2D eigenvalue weighted by atomic mass is 9.93. The summed E-state index contributed by atoms with van der Waals surface area (Å²) in [6.45, 7) is 0.974. The predicted octanol–water partition coefficient (Wildman–Crippen LogP) is 2.53. The molecule has 21 heavy (non-hydrogen) atoms. The number of anilines is 1. The average molecular weight is 286 g/mol. The lowest BCUT2D eigenvalue weighted by Crippen LogP contribution is -2.23. The van der Waals surface area contributed by atoms with E-state index in [0.717, 1.165) is 11.4 Å². The van der Waals surface area contributed by atoms with Crippen LogP contribution >= 0.6 is 0 Å². The maximum atomic E-state index is 13.0. The summed E-state index contributed by atoms with van der Waals surface area (Å²) in [6.07, 6.45) is 1.68. The van der Waals surface area contributed by atoms with Gasteiger partial charge in [0.2, 0.25) is 0 Å². The van der Waals surface area contributed by atoms with Gasteiger partial charge < -0.3 is 10.0 Å². The van der Waals surface area contributed by atoms with Gasteiger partial charge in [0.15, 0.2) is 0 Å². The van der Waals surface area contributed by atoms with Crippen LogP contribution < -0.4 is 4.90 Å². The minimum Gasteiger partial charge on any atom is -0.481 e. The molecule has 0 unspecified atom stereocenters. The van der Waals surface area contributed by atoms with Crippen molar-refractivity contribution >= 4 is 11.7 Å². The van der Waals surface area contributed by atoms with E-state index in [4.69, 9.17) is 0 Å². The van der Waals surface area contributed by atoms with Crippen molar-refractivity contribution in [3.63, 3.8) is 0 Å². The summed E-state index contributed by atoms with van der Waals surface area (Å²) in [4.78, 5) is 17.8. The van der Waals surface area contributed by atoms with Crippen LogP contribution in [-0.2, 0) is 4.79 Å². The third-order valence-electron chi connectivity index (χ3n) is 3.90. The highest BCUT2D eigenvalue weighted by Crippen LogP contribution is 2.34. The standard InChI is InChI=1S/C16H15FN2O2/c17-11-4-6-12(7-5-11)19-9-13(14(10-19)16(20)21)15-3-1-2-8-18-15/h1-8,13-14H,9-10H2,(H,20,21)/t13-,14-/m1/s1. The van der Waals surface area contributed by atoms with E-state index in [1.54, 1.807) is 18.3 Å². The molecule has 5 heteroatoms. The van der Waals surface area contributed by atoms with Crippen LogP contribution in [0, 0.1) is 11.7 Å². The van der Waals surface area contributed by atoms with E-state index in [2.05, 4.69) is 4.98 Å². The van der Waals surface area contributed by atoms with Gasteiger partial charge in [-0.15, -0.1) is 0 Å². The van der Waals surface area contributed by atoms with Crippen LogP contribution in [0.5, 0.6) is 0 Å². The number of carboxylic acid groups (broad SMARTS) is 1. The van der Waals surface area contributed by atoms with Crippen molar-refractivity contribution in [2.45, 2.75) is 5.92 Å². The molecule has 1 aliphatic rings. The molecule has 1 N–H and O–H groups in total. The molecule has 3 rings (SSSR count). The molecule has 108 valence electrons. The van der Waals surface area contributed by atoms with Crippen molar-refractivity contribution in [3.05, 3.63) is 60.2 Å². The number of nitrogens with zero attached hydrogens (tertiary/aromatic N) is 2. The van der Waals surface area contributed by atoms with Crippen LogP contribution in [0.4, 0.5) is 10.1 Å². The molecule has 1 fully saturated rings. The molecule has 0 spiro atoms. The van der Waals surface area contributed by atoms with Crippen LogP contribution in [0.3, 0.4) is 0 Å². The minimum atomic E-state index is -0.824. The maximum Gasteiger partial charge on any atom is 0.309 e. The third-order valence-corrected chi connectivity index (χ3v) is 3.90. The Morgan fingerprint density at radius 1 is 1.19 bits per heavy atom. The molecular weight excluding hydrogens is 271 g/mol. The Morgan fingerprint density at radius 3 is 2.57 bits per heavy atom. The lowest BCUT2D eigenvalue weighted by Gasteiger charge is -2.18. The van der Waals surface area contributed by atoms with Crippen LogP contribution in [0.2, 0.25) is 0 Å². The summed E-state index contributed by atoms with van der Waals surface area (Å²) in [6, 6.07) is 11.7. The molecule has 2 heterocycles. The first-order valence-electron chi connectivity index (χ1n) is 6.79. The molecule has 0 radical (unpaired) electrons. The smallest absolute Gasteiger partial charge is 0.309 e. The SMILES string of the molecule is O=C(O)[C@@H]1CN(c2ccc(F)cc2)C[C@H]1c1ccccn1. The van der Waals surface area contributed by atoms with Gasteiger partial charge in [0, 0.05) is 36.6 Å². The average Bonchev–Trinajstić information content (AvgIpc) is 2.94. The van der Waals surface area contributed by atoms with E-state index in [1.807, 2.05) is 23.1 Å². The Bertz CT molecular complexity index is 630. The zero-order valence-electron chi connectivity index (χ0n) is 11.3. The number of rotatable bonds is 3.